The molecule has 2 fully saturated rings. The number of benzene rings is 2. The Labute approximate surface area is 253 Å². The van der Waals surface area contributed by atoms with Gasteiger partial charge in [-0.25, -0.2) is 0 Å². The summed E-state index contributed by atoms with van der Waals surface area (Å²) >= 11 is 0. The van der Waals surface area contributed by atoms with Gasteiger partial charge in [0.2, 0.25) is 0 Å². The lowest BCUT2D eigenvalue weighted by atomic mass is 9.75. The van der Waals surface area contributed by atoms with E-state index in [9.17, 15) is 19.0 Å². The highest BCUT2D eigenvalue weighted by atomic mass is 35.5. The molecule has 2 aromatic rings. The third-order valence-electron chi connectivity index (χ3n) is 8.27. The zero-order chi connectivity index (χ0) is 28.8. The van der Waals surface area contributed by atoms with Gasteiger partial charge in [-0.3, -0.25) is 18.2 Å². The first kappa shape index (κ1) is 33.5. The molecular formula is C31H49ClN4O4S. The summed E-state index contributed by atoms with van der Waals surface area (Å²) in [5.41, 5.74) is 3.19. The molecule has 1 heterocycles. The summed E-state index contributed by atoms with van der Waals surface area (Å²) in [5.74, 6) is 0.0328. The maximum absolute atomic E-state index is 13.7. The topological polar surface area (TPSA) is 117 Å². The number of carbonyl (C=O) groups is 1. The number of hydrogen-bond donors (Lipinski definition) is 6. The summed E-state index contributed by atoms with van der Waals surface area (Å²) in [4.78, 5) is 13.7. The van der Waals surface area contributed by atoms with Gasteiger partial charge in [0.25, 0.3) is 5.91 Å². The fourth-order valence-electron chi connectivity index (χ4n) is 5.73. The van der Waals surface area contributed by atoms with Crippen molar-refractivity contribution < 1.29 is 19.0 Å². The number of nitrogens with one attached hydrogen (secondary N) is 3. The van der Waals surface area contributed by atoms with Gasteiger partial charge in [-0.1, -0.05) is 44.2 Å². The number of nitrogens with zero attached hydrogens (tertiary/aromatic N) is 1. The molecule has 2 atom stereocenters. The molecular weight excluding hydrogens is 560 g/mol. The summed E-state index contributed by atoms with van der Waals surface area (Å²) in [7, 11) is -2.93. The average Bonchev–Trinajstić information content (AvgIpc) is 2.92. The van der Waals surface area contributed by atoms with Gasteiger partial charge >= 0.3 is 0 Å². The summed E-state index contributed by atoms with van der Waals surface area (Å²) in [5, 5.41) is 21.2. The van der Waals surface area contributed by atoms with Gasteiger partial charge in [-0.15, -0.1) is 23.2 Å². The molecule has 8 nitrogen and oxygen atoms in total. The van der Waals surface area contributed by atoms with Crippen LogP contribution in [0.1, 0.15) is 75.2 Å². The Morgan fingerprint density at radius 1 is 1.10 bits per heavy atom. The van der Waals surface area contributed by atoms with Crippen LogP contribution in [0.15, 0.2) is 48.5 Å². The Bertz CT molecular complexity index is 1110. The van der Waals surface area contributed by atoms with Gasteiger partial charge in [0.15, 0.2) is 0 Å². The molecule has 1 amide bonds. The Hall–Kier alpha value is -2.01. The van der Waals surface area contributed by atoms with Crippen molar-refractivity contribution in [1.82, 2.24) is 10.6 Å². The van der Waals surface area contributed by atoms with E-state index in [0.29, 0.717) is 54.5 Å². The standard InChI is InChI=1S/C31H48N4O4S.ClH/c1-4-32-26-19-24(20-27(21-26)35-16-8-9-17-40(35,38)39)30(37)34-28(18-23-10-6-5-7-11-23)29(36)22-33-25-12-14-31(2,3)15-13-25;/h5-7,10-11,19-21,25,28-29,32-33,36,38-39H,4,8-9,12-18,22H2,1-3H3,(H,34,37);1H/t28-,29-;/m0./s1. The lowest BCUT2D eigenvalue weighted by molar-refractivity contribution is 0.0813. The van der Waals surface area contributed by atoms with Gasteiger partial charge in [0, 0.05) is 36.9 Å². The van der Waals surface area contributed by atoms with Gasteiger partial charge < -0.3 is 21.1 Å². The minimum absolute atomic E-state index is 0. The molecule has 1 saturated carbocycles. The summed E-state index contributed by atoms with van der Waals surface area (Å²) in [6.07, 6.45) is 5.86. The first-order valence-corrected chi connectivity index (χ1v) is 16.4. The molecule has 2 aromatic carbocycles. The second-order valence-electron chi connectivity index (χ2n) is 12.1. The lowest BCUT2D eigenvalue weighted by Crippen LogP contribution is -2.50. The first-order chi connectivity index (χ1) is 19.1. The number of amides is 1. The molecule has 0 spiro atoms. The van der Waals surface area contributed by atoms with Crippen molar-refractivity contribution in [3.8, 4) is 0 Å². The first-order valence-electron chi connectivity index (χ1n) is 14.7. The number of carbonyl (C=O) groups excluding carboxylic acids is 1. The number of hydrogen-bond acceptors (Lipinski definition) is 7. The number of rotatable bonds is 11. The van der Waals surface area contributed by atoms with Crippen LogP contribution in [0.3, 0.4) is 0 Å². The zero-order valence-electron chi connectivity index (χ0n) is 24.6. The lowest BCUT2D eigenvalue weighted by Gasteiger charge is -2.47. The zero-order valence-corrected chi connectivity index (χ0v) is 26.3. The van der Waals surface area contributed by atoms with Gasteiger partial charge in [-0.2, -0.15) is 0 Å². The maximum atomic E-state index is 13.7. The van der Waals surface area contributed by atoms with E-state index in [0.717, 1.165) is 49.8 Å². The molecule has 0 bridgehead atoms. The van der Waals surface area contributed by atoms with Crippen LogP contribution in [0.4, 0.5) is 11.4 Å². The van der Waals surface area contributed by atoms with E-state index in [1.807, 2.05) is 43.3 Å². The van der Waals surface area contributed by atoms with Crippen molar-refractivity contribution in [2.75, 3.05) is 35.0 Å². The molecule has 1 saturated heterocycles. The molecule has 10 heteroatoms. The third-order valence-corrected chi connectivity index (χ3v) is 10.2. The van der Waals surface area contributed by atoms with Gasteiger partial charge in [0.1, 0.15) is 0 Å². The highest BCUT2D eigenvalue weighted by Gasteiger charge is 2.30. The van der Waals surface area contributed by atoms with E-state index in [4.69, 9.17) is 0 Å². The number of aliphatic hydroxyl groups is 1. The van der Waals surface area contributed by atoms with Crippen molar-refractivity contribution in [2.24, 2.45) is 5.41 Å². The minimum atomic E-state index is -2.93. The molecule has 0 unspecified atom stereocenters. The van der Waals surface area contributed by atoms with Crippen molar-refractivity contribution in [1.29, 1.82) is 0 Å². The third kappa shape index (κ3) is 9.49. The number of anilines is 2. The monoisotopic (exact) mass is 608 g/mol. The SMILES string of the molecule is CCNc1cc(C(=O)N[C@@H](Cc2ccccc2)[C@@H](O)CNC2CCC(C)(C)CC2)cc(N2CCCCS2(O)O)c1.Cl. The van der Waals surface area contributed by atoms with Crippen LogP contribution in [0.25, 0.3) is 0 Å². The smallest absolute Gasteiger partial charge is 0.251 e. The molecule has 2 aliphatic rings. The van der Waals surface area contributed by atoms with Crippen LogP contribution in [0, 0.1) is 5.41 Å². The highest BCUT2D eigenvalue weighted by Crippen LogP contribution is 2.50. The summed E-state index contributed by atoms with van der Waals surface area (Å²) in [6.45, 7) is 8.20. The van der Waals surface area contributed by atoms with Crippen molar-refractivity contribution in [3.63, 3.8) is 0 Å². The van der Waals surface area contributed by atoms with Crippen molar-refractivity contribution in [2.45, 2.75) is 83.9 Å². The Kier molecular flexibility index (Phi) is 12.2. The molecule has 1 aliphatic heterocycles. The van der Waals surface area contributed by atoms with E-state index in [1.165, 1.54) is 0 Å². The van der Waals surface area contributed by atoms with Crippen molar-refractivity contribution in [3.05, 3.63) is 59.7 Å². The number of aliphatic hydroxyl groups excluding tert-OH is 1. The largest absolute Gasteiger partial charge is 0.390 e. The minimum Gasteiger partial charge on any atom is -0.390 e. The van der Waals surface area contributed by atoms with Gasteiger partial charge in [0.05, 0.1) is 23.6 Å². The van der Waals surface area contributed by atoms with Crippen LogP contribution >= 0.6 is 23.2 Å². The van der Waals surface area contributed by atoms with E-state index in [2.05, 4.69) is 29.8 Å². The average molecular weight is 609 g/mol. The number of halogens is 1. The van der Waals surface area contributed by atoms with Crippen molar-refractivity contribution >= 4 is 40.5 Å². The van der Waals surface area contributed by atoms with Crippen LogP contribution in [0.5, 0.6) is 0 Å². The van der Waals surface area contributed by atoms with Crippen LogP contribution in [-0.4, -0.2) is 63.7 Å². The molecule has 0 radical (unpaired) electrons. The Balaban J connectivity index is 0.00000462. The summed E-state index contributed by atoms with van der Waals surface area (Å²) in [6, 6.07) is 15.2. The van der Waals surface area contributed by atoms with Crippen LogP contribution in [-0.2, 0) is 6.42 Å². The molecule has 41 heavy (non-hydrogen) atoms. The van der Waals surface area contributed by atoms with E-state index in [-0.39, 0.29) is 18.3 Å². The van der Waals surface area contributed by atoms with E-state index >= 15 is 0 Å². The molecule has 230 valence electrons. The Morgan fingerprint density at radius 2 is 1.80 bits per heavy atom. The second-order valence-corrected chi connectivity index (χ2v) is 14.2. The molecule has 1 aliphatic carbocycles. The second kappa shape index (κ2) is 14.9. The highest BCUT2D eigenvalue weighted by molar-refractivity contribution is 8.25. The fourth-order valence-corrected chi connectivity index (χ4v) is 7.41. The summed E-state index contributed by atoms with van der Waals surface area (Å²) < 4.78 is 23.1. The molecule has 6 N–H and O–H groups in total. The fraction of sp³-hybridized carbons (Fsp3) is 0.581. The molecule has 0 aromatic heterocycles. The predicted octanol–water partition coefficient (Wildman–Crippen LogP) is 6.07. The maximum Gasteiger partial charge on any atom is 0.251 e. The molecule has 4 rings (SSSR count). The predicted molar refractivity (Wildman–Crippen MR) is 174 cm³/mol. The van der Waals surface area contributed by atoms with Crippen LogP contribution < -0.4 is 20.3 Å². The van der Waals surface area contributed by atoms with E-state index < -0.39 is 22.9 Å². The van der Waals surface area contributed by atoms with Gasteiger partial charge in [-0.05, 0) is 81.0 Å². The normalized spacial score (nSPS) is 20.8. The van der Waals surface area contributed by atoms with Crippen LogP contribution in [0.2, 0.25) is 0 Å². The quantitative estimate of drug-likeness (QED) is 0.183. The Morgan fingerprint density at radius 3 is 2.46 bits per heavy atom. The van der Waals surface area contributed by atoms with E-state index in [1.54, 1.807) is 16.4 Å².